The second kappa shape index (κ2) is 4.41. The van der Waals surface area contributed by atoms with E-state index in [4.69, 9.17) is 5.73 Å². The molecule has 0 atom stereocenters. The van der Waals surface area contributed by atoms with Crippen molar-refractivity contribution >= 4 is 22.1 Å². The van der Waals surface area contributed by atoms with Gasteiger partial charge in [-0.15, -0.1) is 0 Å². The lowest BCUT2D eigenvalue weighted by Crippen LogP contribution is -2.30. The smallest absolute Gasteiger partial charge is 0.0426 e. The first-order chi connectivity index (χ1) is 9.07. The summed E-state index contributed by atoms with van der Waals surface area (Å²) in [5.41, 5.74) is 9.27. The molecule has 0 radical (unpaired) electrons. The maximum absolute atomic E-state index is 6.05. The Morgan fingerprint density at radius 2 is 1.95 bits per heavy atom. The molecule has 0 amide bonds. The highest BCUT2D eigenvalue weighted by molar-refractivity contribution is 6.01. The highest BCUT2D eigenvalue weighted by Crippen LogP contribution is 2.36. The van der Waals surface area contributed by atoms with Gasteiger partial charge >= 0.3 is 0 Å². The molecule has 1 aromatic heterocycles. The lowest BCUT2D eigenvalue weighted by Gasteiger charge is -2.27. The molecule has 0 saturated heterocycles. The lowest BCUT2D eigenvalue weighted by molar-refractivity contribution is 0.534. The first-order valence-electron chi connectivity index (χ1n) is 7.00. The van der Waals surface area contributed by atoms with Gasteiger partial charge in [-0.05, 0) is 44.9 Å². The molecule has 0 bridgehead atoms. The van der Waals surface area contributed by atoms with Crippen LogP contribution in [-0.2, 0) is 0 Å². The van der Waals surface area contributed by atoms with Gasteiger partial charge in [-0.2, -0.15) is 0 Å². The fourth-order valence-electron chi connectivity index (χ4n) is 3.08. The standard InChI is InChI=1S/C16H21N3/c1-11-9-12-13(10-18-11)14(17)5-6-15(12)19-16(2)7-3-4-8-16/h5-6,9-10,19H,3-4,7-8,17H2,1-2H3. The molecule has 3 N–H and O–H groups in total. The Kier molecular flexibility index (Phi) is 2.85. The van der Waals surface area contributed by atoms with E-state index in [1.807, 2.05) is 19.2 Å². The summed E-state index contributed by atoms with van der Waals surface area (Å²) in [5.74, 6) is 0. The topological polar surface area (TPSA) is 50.9 Å². The molecule has 3 nitrogen and oxygen atoms in total. The van der Waals surface area contributed by atoms with Crippen molar-refractivity contribution in [3.05, 3.63) is 30.1 Å². The Balaban J connectivity index is 2.08. The molecule has 1 heterocycles. The third kappa shape index (κ3) is 2.25. The van der Waals surface area contributed by atoms with Crippen molar-refractivity contribution < 1.29 is 0 Å². The second-order valence-electron chi connectivity index (χ2n) is 5.97. The molecule has 100 valence electrons. The summed E-state index contributed by atoms with van der Waals surface area (Å²) in [7, 11) is 0. The molecule has 0 aliphatic heterocycles. The van der Waals surface area contributed by atoms with Crippen molar-refractivity contribution in [3.63, 3.8) is 0 Å². The van der Waals surface area contributed by atoms with E-state index in [0.717, 1.165) is 16.8 Å². The van der Waals surface area contributed by atoms with Crippen LogP contribution in [0.1, 0.15) is 38.3 Å². The van der Waals surface area contributed by atoms with Gasteiger partial charge in [0.25, 0.3) is 0 Å². The summed E-state index contributed by atoms with van der Waals surface area (Å²) < 4.78 is 0. The first kappa shape index (κ1) is 12.3. The van der Waals surface area contributed by atoms with Crippen molar-refractivity contribution in [2.45, 2.75) is 45.1 Å². The van der Waals surface area contributed by atoms with E-state index in [2.05, 4.69) is 29.4 Å². The predicted molar refractivity (Wildman–Crippen MR) is 81.4 cm³/mol. The number of anilines is 2. The van der Waals surface area contributed by atoms with E-state index in [1.165, 1.54) is 36.8 Å². The molecular formula is C16H21N3. The van der Waals surface area contributed by atoms with Gasteiger partial charge in [-0.25, -0.2) is 0 Å². The summed E-state index contributed by atoms with van der Waals surface area (Å²) >= 11 is 0. The van der Waals surface area contributed by atoms with E-state index in [1.54, 1.807) is 0 Å². The number of aromatic nitrogens is 1. The molecular weight excluding hydrogens is 234 g/mol. The number of benzene rings is 1. The van der Waals surface area contributed by atoms with Crippen LogP contribution in [0.4, 0.5) is 11.4 Å². The maximum Gasteiger partial charge on any atom is 0.0426 e. The fourth-order valence-corrected chi connectivity index (χ4v) is 3.08. The number of pyridine rings is 1. The van der Waals surface area contributed by atoms with Gasteiger partial charge in [0.15, 0.2) is 0 Å². The highest BCUT2D eigenvalue weighted by Gasteiger charge is 2.28. The summed E-state index contributed by atoms with van der Waals surface area (Å²) in [6.07, 6.45) is 6.99. The number of nitrogen functional groups attached to an aromatic ring is 1. The number of rotatable bonds is 2. The van der Waals surface area contributed by atoms with E-state index in [0.29, 0.717) is 0 Å². The minimum Gasteiger partial charge on any atom is -0.398 e. The molecule has 1 aliphatic rings. The van der Waals surface area contributed by atoms with Crippen LogP contribution >= 0.6 is 0 Å². The van der Waals surface area contributed by atoms with Gasteiger partial charge < -0.3 is 11.1 Å². The van der Waals surface area contributed by atoms with Crippen molar-refractivity contribution in [3.8, 4) is 0 Å². The van der Waals surface area contributed by atoms with Crippen molar-refractivity contribution in [2.75, 3.05) is 11.1 Å². The summed E-state index contributed by atoms with van der Waals surface area (Å²) in [5, 5.41) is 5.95. The highest BCUT2D eigenvalue weighted by atomic mass is 15.0. The fraction of sp³-hybridized carbons (Fsp3) is 0.438. The first-order valence-corrected chi connectivity index (χ1v) is 7.00. The lowest BCUT2D eigenvalue weighted by atomic mass is 9.99. The van der Waals surface area contributed by atoms with Crippen LogP contribution in [0.25, 0.3) is 10.8 Å². The summed E-state index contributed by atoms with van der Waals surface area (Å²) in [4.78, 5) is 4.35. The maximum atomic E-state index is 6.05. The van der Waals surface area contributed by atoms with Crippen molar-refractivity contribution in [1.82, 2.24) is 4.98 Å². The van der Waals surface area contributed by atoms with Gasteiger partial charge in [0.1, 0.15) is 0 Å². The zero-order valence-electron chi connectivity index (χ0n) is 11.7. The largest absolute Gasteiger partial charge is 0.398 e. The zero-order chi connectivity index (χ0) is 13.5. The Bertz CT molecular complexity index is 613. The molecule has 3 heteroatoms. The number of nitrogens with two attached hydrogens (primary N) is 1. The third-order valence-electron chi connectivity index (χ3n) is 4.21. The van der Waals surface area contributed by atoms with Gasteiger partial charge in [0, 0.05) is 39.6 Å². The number of nitrogens with zero attached hydrogens (tertiary/aromatic N) is 1. The second-order valence-corrected chi connectivity index (χ2v) is 5.97. The Labute approximate surface area is 114 Å². The molecule has 1 aliphatic carbocycles. The van der Waals surface area contributed by atoms with Crippen LogP contribution in [-0.4, -0.2) is 10.5 Å². The van der Waals surface area contributed by atoms with E-state index >= 15 is 0 Å². The van der Waals surface area contributed by atoms with Crippen LogP contribution in [0.2, 0.25) is 0 Å². The zero-order valence-corrected chi connectivity index (χ0v) is 11.7. The molecule has 3 rings (SSSR count). The number of aryl methyl sites for hydroxylation is 1. The van der Waals surface area contributed by atoms with Crippen molar-refractivity contribution in [1.29, 1.82) is 0 Å². The van der Waals surface area contributed by atoms with Gasteiger partial charge in [-0.1, -0.05) is 12.8 Å². The van der Waals surface area contributed by atoms with Crippen LogP contribution in [0.15, 0.2) is 24.4 Å². The number of nitrogens with one attached hydrogen (secondary N) is 1. The molecule has 2 aromatic rings. The molecule has 0 unspecified atom stereocenters. The Hall–Kier alpha value is -1.77. The van der Waals surface area contributed by atoms with Crippen LogP contribution in [0.5, 0.6) is 0 Å². The molecule has 0 spiro atoms. The monoisotopic (exact) mass is 255 g/mol. The Morgan fingerprint density at radius 3 is 2.68 bits per heavy atom. The molecule has 1 aromatic carbocycles. The summed E-state index contributed by atoms with van der Waals surface area (Å²) in [6, 6.07) is 6.19. The SMILES string of the molecule is Cc1cc2c(NC3(C)CCCC3)ccc(N)c2cn1. The Morgan fingerprint density at radius 1 is 1.21 bits per heavy atom. The normalized spacial score (nSPS) is 17.8. The predicted octanol–water partition coefficient (Wildman–Crippen LogP) is 3.87. The van der Waals surface area contributed by atoms with Crippen LogP contribution < -0.4 is 11.1 Å². The quantitative estimate of drug-likeness (QED) is 0.801. The van der Waals surface area contributed by atoms with Crippen molar-refractivity contribution in [2.24, 2.45) is 0 Å². The van der Waals surface area contributed by atoms with Gasteiger partial charge in [0.05, 0.1) is 0 Å². The number of hydrogen-bond acceptors (Lipinski definition) is 3. The molecule has 1 saturated carbocycles. The van der Waals surface area contributed by atoms with E-state index < -0.39 is 0 Å². The number of fused-ring (bicyclic) bond motifs is 1. The molecule has 19 heavy (non-hydrogen) atoms. The average molecular weight is 255 g/mol. The van der Waals surface area contributed by atoms with E-state index in [-0.39, 0.29) is 5.54 Å². The van der Waals surface area contributed by atoms with Gasteiger partial charge in [-0.3, -0.25) is 4.98 Å². The van der Waals surface area contributed by atoms with Crippen LogP contribution in [0, 0.1) is 6.92 Å². The number of hydrogen-bond donors (Lipinski definition) is 2. The molecule has 1 fully saturated rings. The van der Waals surface area contributed by atoms with E-state index in [9.17, 15) is 0 Å². The minimum atomic E-state index is 0.222. The third-order valence-corrected chi connectivity index (χ3v) is 4.21. The summed E-state index contributed by atoms with van der Waals surface area (Å²) in [6.45, 7) is 4.33. The van der Waals surface area contributed by atoms with Gasteiger partial charge in [0.2, 0.25) is 0 Å². The average Bonchev–Trinajstić information content (AvgIpc) is 2.80. The minimum absolute atomic E-state index is 0.222. The van der Waals surface area contributed by atoms with Crippen LogP contribution in [0.3, 0.4) is 0 Å².